The molecule has 37 heavy (non-hydrogen) atoms. The van der Waals surface area contributed by atoms with Gasteiger partial charge in [0.1, 0.15) is 12.2 Å². The van der Waals surface area contributed by atoms with Crippen molar-refractivity contribution >= 4 is 11.9 Å². The van der Waals surface area contributed by atoms with Crippen LogP contribution in [0.5, 0.6) is 0 Å². The van der Waals surface area contributed by atoms with Gasteiger partial charge in [0.2, 0.25) is 0 Å². The molecule has 4 fully saturated rings. The molecular weight excluding hydrogens is 470 g/mol. The molecule has 0 aliphatic heterocycles. The number of aryl methyl sites for hydroxylation is 1. The molecule has 7 heteroatoms. The third-order valence-corrected chi connectivity index (χ3v) is 11.5. The lowest BCUT2D eigenvalue weighted by Gasteiger charge is -2.62. The molecule has 0 bridgehead atoms. The fourth-order valence-electron chi connectivity index (χ4n) is 9.86. The van der Waals surface area contributed by atoms with Crippen molar-refractivity contribution in [1.82, 2.24) is 5.16 Å². The Morgan fingerprint density at radius 2 is 1.81 bits per heavy atom. The number of rotatable bonds is 6. The fraction of sp³-hybridized carbons (Fsp3) is 0.833. The maximum Gasteiger partial charge on any atom is 0.357 e. The van der Waals surface area contributed by atoms with Crippen LogP contribution in [0, 0.1) is 46.3 Å². The minimum absolute atomic E-state index is 0.0335. The predicted octanol–water partition coefficient (Wildman–Crippen LogP) is 5.67. The van der Waals surface area contributed by atoms with E-state index < -0.39 is 0 Å². The van der Waals surface area contributed by atoms with Gasteiger partial charge in [0, 0.05) is 25.3 Å². The second kappa shape index (κ2) is 9.92. The third kappa shape index (κ3) is 4.69. The van der Waals surface area contributed by atoms with E-state index >= 15 is 0 Å². The standard InChI is InChI=1S/C30H45NO6/c1-17(6-8-21-15-28(34)37-31-21)24-10-11-25-23-9-7-20-14-22(35-18(2)32)12-13-29(20,4)26(23)16-27(30(24,25)5)36-19(3)33/h15,17,20,22-27,31H,6-14,16H2,1-5H3/t17-,20-,22-,23+,24-,25+,26+,27+,29+,30-/m1/s1. The molecule has 0 spiro atoms. The Morgan fingerprint density at radius 1 is 1.05 bits per heavy atom. The van der Waals surface area contributed by atoms with E-state index in [0.717, 1.165) is 44.2 Å². The summed E-state index contributed by atoms with van der Waals surface area (Å²) >= 11 is 0. The lowest BCUT2D eigenvalue weighted by atomic mass is 9.43. The highest BCUT2D eigenvalue weighted by atomic mass is 16.5. The van der Waals surface area contributed by atoms with Crippen molar-refractivity contribution in [2.24, 2.45) is 46.3 Å². The highest BCUT2D eigenvalue weighted by molar-refractivity contribution is 5.66. The molecule has 0 amide bonds. The largest absolute Gasteiger partial charge is 0.463 e. The van der Waals surface area contributed by atoms with Crippen LogP contribution in [0.3, 0.4) is 0 Å². The van der Waals surface area contributed by atoms with Crippen LogP contribution >= 0.6 is 0 Å². The number of H-pyrrole nitrogens is 1. The van der Waals surface area contributed by atoms with Crippen molar-refractivity contribution in [3.05, 3.63) is 22.2 Å². The molecule has 1 heterocycles. The molecule has 7 nitrogen and oxygen atoms in total. The Hall–Kier alpha value is -2.05. The van der Waals surface area contributed by atoms with Gasteiger partial charge in [-0.2, -0.15) is 0 Å². The zero-order valence-corrected chi connectivity index (χ0v) is 23.2. The summed E-state index contributed by atoms with van der Waals surface area (Å²) in [5, 5.41) is 2.75. The van der Waals surface area contributed by atoms with E-state index in [1.165, 1.54) is 32.6 Å². The Morgan fingerprint density at radius 3 is 2.49 bits per heavy atom. The van der Waals surface area contributed by atoms with Gasteiger partial charge in [0.15, 0.2) is 0 Å². The van der Waals surface area contributed by atoms with Crippen LogP contribution < -0.4 is 5.63 Å². The van der Waals surface area contributed by atoms with E-state index in [9.17, 15) is 14.4 Å². The monoisotopic (exact) mass is 515 g/mol. The number of carbonyl (C=O) groups excluding carboxylic acids is 2. The molecule has 0 radical (unpaired) electrons. The van der Waals surface area contributed by atoms with Crippen LogP contribution in [0.1, 0.15) is 98.1 Å². The number of hydrogen-bond donors (Lipinski definition) is 1. The van der Waals surface area contributed by atoms with Gasteiger partial charge in [0.25, 0.3) is 0 Å². The molecule has 0 unspecified atom stereocenters. The number of aromatic nitrogens is 1. The molecule has 4 aliphatic carbocycles. The number of ether oxygens (including phenoxy) is 2. The summed E-state index contributed by atoms with van der Waals surface area (Å²) in [4.78, 5) is 35.4. The zero-order valence-electron chi connectivity index (χ0n) is 23.2. The molecule has 1 aromatic rings. The van der Waals surface area contributed by atoms with Crippen LogP contribution in [0.15, 0.2) is 15.4 Å². The molecule has 4 saturated carbocycles. The average Bonchev–Trinajstić information content (AvgIpc) is 3.41. The Kier molecular flexibility index (Phi) is 7.12. The smallest absolute Gasteiger partial charge is 0.357 e. The SMILES string of the molecule is CC(=O)O[C@@H]1CC[C@@]2(C)[C@H](CC[C@@H]3[C@@H]2C[C@H](OC(C)=O)[C@]2(C)[C@@H]([C@H](C)CCc4cc(=O)o[nH]4)CC[C@@H]32)C1. The summed E-state index contributed by atoms with van der Waals surface area (Å²) in [6.45, 7) is 10.3. The molecular formula is C30H45NO6. The van der Waals surface area contributed by atoms with Crippen molar-refractivity contribution in [3.63, 3.8) is 0 Å². The van der Waals surface area contributed by atoms with Gasteiger partial charge in [-0.05, 0) is 105 Å². The van der Waals surface area contributed by atoms with Crippen molar-refractivity contribution in [2.75, 3.05) is 0 Å². The van der Waals surface area contributed by atoms with Gasteiger partial charge in [0.05, 0.1) is 5.69 Å². The first-order valence-corrected chi connectivity index (χ1v) is 14.5. The van der Waals surface area contributed by atoms with Crippen molar-refractivity contribution < 1.29 is 23.6 Å². The van der Waals surface area contributed by atoms with Crippen LogP contribution in [0.25, 0.3) is 0 Å². The lowest BCUT2D eigenvalue weighted by molar-refractivity contribution is -0.197. The Balaban J connectivity index is 1.37. The van der Waals surface area contributed by atoms with Gasteiger partial charge < -0.3 is 14.0 Å². The normalized spacial score (nSPS) is 41.7. The van der Waals surface area contributed by atoms with Crippen LogP contribution in [-0.2, 0) is 25.5 Å². The maximum absolute atomic E-state index is 12.4. The van der Waals surface area contributed by atoms with Crippen LogP contribution in [-0.4, -0.2) is 29.3 Å². The lowest BCUT2D eigenvalue weighted by Crippen LogP contribution is -2.59. The van der Waals surface area contributed by atoms with Crippen LogP contribution in [0.2, 0.25) is 0 Å². The van der Waals surface area contributed by atoms with E-state index in [0.29, 0.717) is 35.5 Å². The molecule has 0 saturated heterocycles. The van der Waals surface area contributed by atoms with Crippen molar-refractivity contribution in [3.8, 4) is 0 Å². The predicted molar refractivity (Wildman–Crippen MR) is 139 cm³/mol. The van der Waals surface area contributed by atoms with Gasteiger partial charge in [-0.15, -0.1) is 0 Å². The molecule has 5 rings (SSSR count). The van der Waals surface area contributed by atoms with Gasteiger partial charge >= 0.3 is 17.6 Å². The van der Waals surface area contributed by atoms with Crippen LogP contribution in [0.4, 0.5) is 0 Å². The Labute approximate surface area is 220 Å². The summed E-state index contributed by atoms with van der Waals surface area (Å²) in [6.07, 6.45) is 10.5. The minimum atomic E-state index is -0.324. The molecule has 0 aromatic carbocycles. The second-order valence-electron chi connectivity index (χ2n) is 13.3. The second-order valence-corrected chi connectivity index (χ2v) is 13.3. The zero-order chi connectivity index (χ0) is 26.5. The van der Waals surface area contributed by atoms with Crippen molar-refractivity contribution in [1.29, 1.82) is 0 Å². The summed E-state index contributed by atoms with van der Waals surface area (Å²) in [7, 11) is 0. The Bertz CT molecular complexity index is 1060. The first kappa shape index (κ1) is 26.6. The van der Waals surface area contributed by atoms with E-state index in [1.54, 1.807) is 13.0 Å². The third-order valence-electron chi connectivity index (χ3n) is 11.5. The van der Waals surface area contributed by atoms with E-state index in [4.69, 9.17) is 14.0 Å². The molecule has 10 atom stereocenters. The number of esters is 2. The van der Waals surface area contributed by atoms with E-state index in [1.807, 2.05) is 0 Å². The van der Waals surface area contributed by atoms with E-state index in [-0.39, 0.29) is 40.6 Å². The first-order valence-electron chi connectivity index (χ1n) is 14.5. The minimum Gasteiger partial charge on any atom is -0.463 e. The highest BCUT2D eigenvalue weighted by Crippen LogP contribution is 2.69. The van der Waals surface area contributed by atoms with Gasteiger partial charge in [-0.25, -0.2) is 9.95 Å². The maximum atomic E-state index is 12.4. The van der Waals surface area contributed by atoms with Crippen molar-refractivity contribution in [2.45, 2.75) is 111 Å². The molecule has 1 N–H and O–H groups in total. The summed E-state index contributed by atoms with van der Waals surface area (Å²) < 4.78 is 16.7. The van der Waals surface area contributed by atoms with Gasteiger partial charge in [-0.1, -0.05) is 20.8 Å². The fourth-order valence-corrected chi connectivity index (χ4v) is 9.86. The number of carbonyl (C=O) groups is 2. The number of fused-ring (bicyclic) bond motifs is 5. The van der Waals surface area contributed by atoms with E-state index in [2.05, 4.69) is 25.9 Å². The molecule has 206 valence electrons. The first-order chi connectivity index (χ1) is 17.5. The molecule has 1 aromatic heterocycles. The summed E-state index contributed by atoms with van der Waals surface area (Å²) in [5.41, 5.74) is 0.701. The van der Waals surface area contributed by atoms with Gasteiger partial charge in [-0.3, -0.25) is 9.59 Å². The summed E-state index contributed by atoms with van der Waals surface area (Å²) in [5.74, 6) is 2.90. The average molecular weight is 516 g/mol. The quantitative estimate of drug-likeness (QED) is 0.490. The topological polar surface area (TPSA) is 98.6 Å². The highest BCUT2D eigenvalue weighted by Gasteiger charge is 2.65. The number of nitrogens with one attached hydrogen (secondary N) is 1. The summed E-state index contributed by atoms with van der Waals surface area (Å²) in [6, 6.07) is 1.55. The number of hydrogen-bond acceptors (Lipinski definition) is 6. The molecule has 4 aliphatic rings. The number of aromatic amines is 1.